The lowest BCUT2D eigenvalue weighted by molar-refractivity contribution is 0.120. The van der Waals surface area contributed by atoms with E-state index in [9.17, 15) is 0 Å². The van der Waals surface area contributed by atoms with Crippen molar-refractivity contribution in [2.45, 2.75) is 38.7 Å². The third-order valence-electron chi connectivity index (χ3n) is 4.16. The van der Waals surface area contributed by atoms with E-state index < -0.39 is 0 Å². The van der Waals surface area contributed by atoms with Gasteiger partial charge in [0.25, 0.3) is 0 Å². The fraction of sp³-hybridized carbons (Fsp3) is 0.474. The summed E-state index contributed by atoms with van der Waals surface area (Å²) in [5.41, 5.74) is 2.34. The third kappa shape index (κ3) is 5.20. The Balaban J connectivity index is 1.46. The minimum absolute atomic E-state index is 0.288. The van der Waals surface area contributed by atoms with Gasteiger partial charge >= 0.3 is 0 Å². The number of aromatic nitrogens is 2. The number of hydrogen-bond donors (Lipinski definition) is 2. The highest BCUT2D eigenvalue weighted by atomic mass is 16.5. The fourth-order valence-electron chi connectivity index (χ4n) is 2.90. The second-order valence-corrected chi connectivity index (χ2v) is 6.25. The maximum Gasteiger partial charge on any atom is 0.224 e. The molecule has 2 N–H and O–H groups in total. The van der Waals surface area contributed by atoms with Crippen molar-refractivity contribution in [2.75, 3.05) is 30.3 Å². The van der Waals surface area contributed by atoms with Crippen molar-refractivity contribution in [2.24, 2.45) is 0 Å². The molecule has 0 saturated carbocycles. The molecule has 1 aliphatic heterocycles. The van der Waals surface area contributed by atoms with E-state index in [-0.39, 0.29) is 6.10 Å². The molecule has 1 atom stereocenters. The molecule has 1 aromatic carbocycles. The summed E-state index contributed by atoms with van der Waals surface area (Å²) >= 11 is 0. The van der Waals surface area contributed by atoms with Gasteiger partial charge in [-0.15, -0.1) is 0 Å². The van der Waals surface area contributed by atoms with E-state index in [1.165, 1.54) is 5.56 Å². The molecule has 1 unspecified atom stereocenters. The second kappa shape index (κ2) is 8.64. The van der Waals surface area contributed by atoms with Gasteiger partial charge in [0.15, 0.2) is 0 Å². The van der Waals surface area contributed by atoms with Gasteiger partial charge in [-0.3, -0.25) is 0 Å². The molecule has 5 nitrogen and oxygen atoms in total. The molecule has 2 heterocycles. The molecule has 5 heteroatoms. The Morgan fingerprint density at radius 1 is 1.17 bits per heavy atom. The van der Waals surface area contributed by atoms with E-state index in [1.54, 1.807) is 0 Å². The Morgan fingerprint density at radius 2 is 2.04 bits per heavy atom. The smallest absolute Gasteiger partial charge is 0.224 e. The lowest BCUT2D eigenvalue weighted by Crippen LogP contribution is -2.20. The van der Waals surface area contributed by atoms with Crippen molar-refractivity contribution < 1.29 is 4.74 Å². The summed E-state index contributed by atoms with van der Waals surface area (Å²) in [5.74, 6) is 1.56. The highest BCUT2D eigenvalue weighted by molar-refractivity contribution is 5.42. The summed E-state index contributed by atoms with van der Waals surface area (Å²) < 4.78 is 5.62. The van der Waals surface area contributed by atoms with Crippen molar-refractivity contribution in [3.8, 4) is 0 Å². The van der Waals surface area contributed by atoms with Crippen LogP contribution in [0.1, 0.15) is 30.5 Å². The van der Waals surface area contributed by atoms with Crippen LogP contribution in [0.25, 0.3) is 0 Å². The first-order valence-corrected chi connectivity index (χ1v) is 8.78. The second-order valence-electron chi connectivity index (χ2n) is 6.25. The van der Waals surface area contributed by atoms with E-state index in [4.69, 9.17) is 4.74 Å². The summed E-state index contributed by atoms with van der Waals surface area (Å²) in [6, 6.07) is 12.5. The highest BCUT2D eigenvalue weighted by Crippen LogP contribution is 2.14. The number of benzene rings is 1. The van der Waals surface area contributed by atoms with Gasteiger partial charge in [-0.1, -0.05) is 30.3 Å². The van der Waals surface area contributed by atoms with Crippen LogP contribution in [0.4, 0.5) is 11.8 Å². The van der Waals surface area contributed by atoms with Crippen LogP contribution in [0.5, 0.6) is 0 Å². The molecular weight excluding hydrogens is 300 g/mol. The Hall–Kier alpha value is -2.14. The van der Waals surface area contributed by atoms with E-state index in [0.29, 0.717) is 5.95 Å². The topological polar surface area (TPSA) is 59.1 Å². The van der Waals surface area contributed by atoms with Gasteiger partial charge in [0.05, 0.1) is 6.10 Å². The SMILES string of the molecule is Cc1cc(NCCCc2ccccc2)nc(NCC2CCCO2)n1. The summed E-state index contributed by atoms with van der Waals surface area (Å²) in [7, 11) is 0. The molecule has 0 aliphatic carbocycles. The van der Waals surface area contributed by atoms with Crippen molar-refractivity contribution >= 4 is 11.8 Å². The number of aryl methyl sites for hydroxylation is 2. The molecule has 24 heavy (non-hydrogen) atoms. The molecule has 1 aromatic heterocycles. The number of ether oxygens (including phenoxy) is 1. The molecule has 0 radical (unpaired) electrons. The summed E-state index contributed by atoms with van der Waals surface area (Å²) in [6.07, 6.45) is 4.70. The van der Waals surface area contributed by atoms with Crippen LogP contribution in [0.3, 0.4) is 0 Å². The predicted octanol–water partition coefficient (Wildman–Crippen LogP) is 3.42. The third-order valence-corrected chi connectivity index (χ3v) is 4.16. The lowest BCUT2D eigenvalue weighted by atomic mass is 10.1. The molecule has 0 amide bonds. The maximum atomic E-state index is 5.62. The minimum Gasteiger partial charge on any atom is -0.376 e. The van der Waals surface area contributed by atoms with E-state index in [0.717, 1.165) is 56.9 Å². The largest absolute Gasteiger partial charge is 0.376 e. The Kier molecular flexibility index (Phi) is 6.01. The van der Waals surface area contributed by atoms with Gasteiger partial charge in [-0.05, 0) is 38.2 Å². The van der Waals surface area contributed by atoms with Crippen LogP contribution in [-0.2, 0) is 11.2 Å². The van der Waals surface area contributed by atoms with E-state index in [2.05, 4.69) is 50.9 Å². The van der Waals surface area contributed by atoms with E-state index in [1.807, 2.05) is 13.0 Å². The minimum atomic E-state index is 0.288. The van der Waals surface area contributed by atoms with Crippen LogP contribution in [-0.4, -0.2) is 35.8 Å². The van der Waals surface area contributed by atoms with Gasteiger partial charge in [0.1, 0.15) is 5.82 Å². The van der Waals surface area contributed by atoms with Crippen molar-refractivity contribution in [1.29, 1.82) is 0 Å². The summed E-state index contributed by atoms with van der Waals surface area (Å²) in [6.45, 7) is 4.54. The van der Waals surface area contributed by atoms with Gasteiger partial charge in [-0.2, -0.15) is 4.98 Å². The first-order chi connectivity index (χ1) is 11.8. The standard InChI is InChI=1S/C19H26N4O/c1-15-13-18(20-11-5-9-16-7-3-2-4-8-16)23-19(22-15)21-14-17-10-6-12-24-17/h2-4,7-8,13,17H,5-6,9-12,14H2,1H3,(H2,20,21,22,23). The molecule has 3 rings (SSSR count). The zero-order chi connectivity index (χ0) is 16.6. The van der Waals surface area contributed by atoms with Crippen molar-refractivity contribution in [3.63, 3.8) is 0 Å². The van der Waals surface area contributed by atoms with Gasteiger partial charge in [0, 0.05) is 31.5 Å². The quantitative estimate of drug-likeness (QED) is 0.728. The van der Waals surface area contributed by atoms with Crippen LogP contribution < -0.4 is 10.6 Å². The number of hydrogen-bond acceptors (Lipinski definition) is 5. The summed E-state index contributed by atoms with van der Waals surface area (Å²) in [5, 5.41) is 6.70. The number of nitrogens with one attached hydrogen (secondary N) is 2. The molecule has 1 aliphatic rings. The van der Waals surface area contributed by atoms with Crippen LogP contribution >= 0.6 is 0 Å². The van der Waals surface area contributed by atoms with Crippen molar-refractivity contribution in [1.82, 2.24) is 9.97 Å². The Bertz CT molecular complexity index is 627. The lowest BCUT2D eigenvalue weighted by Gasteiger charge is -2.12. The van der Waals surface area contributed by atoms with Crippen LogP contribution in [0.15, 0.2) is 36.4 Å². The molecule has 1 fully saturated rings. The van der Waals surface area contributed by atoms with Gasteiger partial charge in [0.2, 0.25) is 5.95 Å². The maximum absolute atomic E-state index is 5.62. The first kappa shape index (κ1) is 16.7. The zero-order valence-electron chi connectivity index (χ0n) is 14.3. The molecule has 128 valence electrons. The average molecular weight is 326 g/mol. The monoisotopic (exact) mass is 326 g/mol. The van der Waals surface area contributed by atoms with Crippen LogP contribution in [0, 0.1) is 6.92 Å². The molecule has 2 aromatic rings. The van der Waals surface area contributed by atoms with Crippen molar-refractivity contribution in [3.05, 3.63) is 47.7 Å². The normalized spacial score (nSPS) is 17.0. The van der Waals surface area contributed by atoms with Gasteiger partial charge in [-0.25, -0.2) is 4.98 Å². The zero-order valence-corrected chi connectivity index (χ0v) is 14.3. The summed E-state index contributed by atoms with van der Waals surface area (Å²) in [4.78, 5) is 9.00. The number of anilines is 2. The average Bonchev–Trinajstić information content (AvgIpc) is 3.11. The molecule has 0 spiro atoms. The van der Waals surface area contributed by atoms with Crippen LogP contribution in [0.2, 0.25) is 0 Å². The predicted molar refractivity (Wildman–Crippen MR) is 97.5 cm³/mol. The highest BCUT2D eigenvalue weighted by Gasteiger charge is 2.15. The molecule has 1 saturated heterocycles. The first-order valence-electron chi connectivity index (χ1n) is 8.78. The number of rotatable bonds is 8. The fourth-order valence-corrected chi connectivity index (χ4v) is 2.90. The molecular formula is C19H26N4O. The Morgan fingerprint density at radius 3 is 2.83 bits per heavy atom. The number of nitrogens with zero attached hydrogens (tertiary/aromatic N) is 2. The van der Waals surface area contributed by atoms with Gasteiger partial charge < -0.3 is 15.4 Å². The molecule has 0 bridgehead atoms. The Labute approximate surface area is 143 Å². The van der Waals surface area contributed by atoms with E-state index >= 15 is 0 Å².